The van der Waals surface area contributed by atoms with E-state index in [1.165, 1.54) is 17.4 Å². The van der Waals surface area contributed by atoms with E-state index in [4.69, 9.17) is 0 Å². The summed E-state index contributed by atoms with van der Waals surface area (Å²) in [6, 6.07) is 13.4. The van der Waals surface area contributed by atoms with Crippen molar-refractivity contribution < 1.29 is 0 Å². The molecule has 4 heteroatoms. The molecule has 3 aromatic rings. The second kappa shape index (κ2) is 4.38. The van der Waals surface area contributed by atoms with Crippen LogP contribution in [0.25, 0.3) is 16.1 Å². The van der Waals surface area contributed by atoms with E-state index in [-0.39, 0.29) is 5.56 Å². The van der Waals surface area contributed by atoms with Crippen LogP contribution in [0, 0.1) is 18.3 Å². The summed E-state index contributed by atoms with van der Waals surface area (Å²) in [7, 11) is 0. The van der Waals surface area contributed by atoms with Crippen LogP contribution in [0.15, 0.2) is 46.6 Å². The molecular weight excluding hydrogens is 256 g/mol. The van der Waals surface area contributed by atoms with Gasteiger partial charge in [-0.2, -0.15) is 5.26 Å². The molecule has 0 aliphatic heterocycles. The van der Waals surface area contributed by atoms with E-state index in [1.54, 1.807) is 11.3 Å². The summed E-state index contributed by atoms with van der Waals surface area (Å²) >= 11 is 1.43. The lowest BCUT2D eigenvalue weighted by Crippen LogP contribution is -2.13. The molecule has 0 saturated carbocycles. The molecule has 0 fully saturated rings. The molecule has 0 aliphatic carbocycles. The molecule has 0 bridgehead atoms. The number of hydrogen-bond donors (Lipinski definition) is 0. The Labute approximate surface area is 114 Å². The number of nitriles is 1. The number of hydrogen-bond acceptors (Lipinski definition) is 3. The van der Waals surface area contributed by atoms with Crippen molar-refractivity contribution in [3.63, 3.8) is 0 Å². The highest BCUT2D eigenvalue weighted by molar-refractivity contribution is 7.16. The third-order valence-corrected chi connectivity index (χ3v) is 4.03. The third-order valence-electron chi connectivity index (χ3n) is 3.08. The molecule has 0 atom stereocenters. The molecule has 0 N–H and O–H groups in total. The third kappa shape index (κ3) is 1.76. The molecule has 3 nitrogen and oxygen atoms in total. The Kier molecular flexibility index (Phi) is 2.69. The first-order chi connectivity index (χ1) is 9.22. The quantitative estimate of drug-likeness (QED) is 0.679. The number of benzene rings is 1. The van der Waals surface area contributed by atoms with Gasteiger partial charge in [0, 0.05) is 11.4 Å². The van der Waals surface area contributed by atoms with Gasteiger partial charge >= 0.3 is 0 Å². The van der Waals surface area contributed by atoms with Crippen LogP contribution in [0.1, 0.15) is 11.1 Å². The smallest absolute Gasteiger partial charge is 0.256 e. The molecule has 2 heterocycles. The lowest BCUT2D eigenvalue weighted by atomic mass is 10.1. The van der Waals surface area contributed by atoms with Crippen molar-refractivity contribution in [3.05, 3.63) is 63.3 Å². The molecule has 0 radical (unpaired) electrons. The molecule has 3 rings (SSSR count). The maximum atomic E-state index is 12.2. The SMILES string of the molecule is Cc1cc(=O)n2c(-c3ccccc3)csc2c1C#N. The van der Waals surface area contributed by atoms with Crippen molar-refractivity contribution in [3.8, 4) is 17.3 Å². The van der Waals surface area contributed by atoms with Gasteiger partial charge in [0.15, 0.2) is 0 Å². The molecule has 2 aromatic heterocycles. The molecule has 92 valence electrons. The molecule has 19 heavy (non-hydrogen) atoms. The number of fused-ring (bicyclic) bond motifs is 1. The van der Waals surface area contributed by atoms with E-state index < -0.39 is 0 Å². The van der Waals surface area contributed by atoms with E-state index in [9.17, 15) is 10.1 Å². The van der Waals surface area contributed by atoms with Crippen LogP contribution in [0.3, 0.4) is 0 Å². The van der Waals surface area contributed by atoms with Gasteiger partial charge in [-0.05, 0) is 18.1 Å². The van der Waals surface area contributed by atoms with E-state index >= 15 is 0 Å². The van der Waals surface area contributed by atoms with Crippen LogP contribution < -0.4 is 5.56 Å². The first kappa shape index (κ1) is 11.7. The Balaban J connectivity index is 2.43. The summed E-state index contributed by atoms with van der Waals surface area (Å²) in [5.41, 5.74) is 3.03. The number of thiazole rings is 1. The maximum Gasteiger partial charge on any atom is 0.256 e. The van der Waals surface area contributed by atoms with Gasteiger partial charge in [0.05, 0.1) is 11.3 Å². The Morgan fingerprint density at radius 2 is 2.00 bits per heavy atom. The highest BCUT2D eigenvalue weighted by atomic mass is 32.1. The van der Waals surface area contributed by atoms with Crippen molar-refractivity contribution in [2.24, 2.45) is 0 Å². The highest BCUT2D eigenvalue weighted by Gasteiger charge is 2.13. The summed E-state index contributed by atoms with van der Waals surface area (Å²) in [4.78, 5) is 12.9. The standard InChI is InChI=1S/C15H10N2OS/c1-10-7-14(18)17-13(11-5-3-2-4-6-11)9-19-15(17)12(10)8-16/h2-7,9H,1H3. The molecule has 0 spiro atoms. The number of nitrogens with zero attached hydrogens (tertiary/aromatic N) is 2. The van der Waals surface area contributed by atoms with Crippen LogP contribution in [0.5, 0.6) is 0 Å². The van der Waals surface area contributed by atoms with Gasteiger partial charge in [0.25, 0.3) is 5.56 Å². The monoisotopic (exact) mass is 266 g/mol. The Morgan fingerprint density at radius 3 is 2.68 bits per heavy atom. The summed E-state index contributed by atoms with van der Waals surface area (Å²) in [6.07, 6.45) is 0. The Hall–Kier alpha value is -2.38. The predicted octanol–water partition coefficient (Wildman–Crippen LogP) is 3.21. The van der Waals surface area contributed by atoms with Crippen LogP contribution in [-0.4, -0.2) is 4.40 Å². The minimum atomic E-state index is -0.0911. The van der Waals surface area contributed by atoms with E-state index in [0.29, 0.717) is 10.4 Å². The van der Waals surface area contributed by atoms with E-state index in [1.807, 2.05) is 35.7 Å². The van der Waals surface area contributed by atoms with Crippen LogP contribution in [0.4, 0.5) is 0 Å². The summed E-state index contributed by atoms with van der Waals surface area (Å²) in [5, 5.41) is 11.2. The average Bonchev–Trinajstić information content (AvgIpc) is 2.85. The van der Waals surface area contributed by atoms with Gasteiger partial charge in [-0.1, -0.05) is 30.3 Å². The first-order valence-corrected chi connectivity index (χ1v) is 6.69. The Morgan fingerprint density at radius 1 is 1.26 bits per heavy atom. The normalized spacial score (nSPS) is 10.5. The van der Waals surface area contributed by atoms with Crippen LogP contribution in [0.2, 0.25) is 0 Å². The summed E-state index contributed by atoms with van der Waals surface area (Å²) in [5.74, 6) is 0. The molecule has 0 saturated heterocycles. The summed E-state index contributed by atoms with van der Waals surface area (Å²) < 4.78 is 1.62. The molecule has 1 aromatic carbocycles. The fourth-order valence-corrected chi connectivity index (χ4v) is 3.23. The average molecular weight is 266 g/mol. The number of pyridine rings is 1. The van der Waals surface area contributed by atoms with Crippen molar-refractivity contribution in [1.29, 1.82) is 5.26 Å². The molecular formula is C15H10N2OS. The number of aromatic nitrogens is 1. The topological polar surface area (TPSA) is 45.3 Å². The fourth-order valence-electron chi connectivity index (χ4n) is 2.15. The van der Waals surface area contributed by atoms with E-state index in [0.717, 1.165) is 16.8 Å². The largest absolute Gasteiger partial charge is 0.269 e. The second-order valence-corrected chi connectivity index (χ2v) is 5.14. The van der Waals surface area contributed by atoms with Crippen molar-refractivity contribution in [2.75, 3.05) is 0 Å². The molecule has 0 unspecified atom stereocenters. The zero-order valence-electron chi connectivity index (χ0n) is 10.3. The first-order valence-electron chi connectivity index (χ1n) is 5.82. The maximum absolute atomic E-state index is 12.2. The van der Waals surface area contributed by atoms with Crippen molar-refractivity contribution >= 4 is 16.2 Å². The lowest BCUT2D eigenvalue weighted by molar-refractivity contribution is 1.11. The summed E-state index contributed by atoms with van der Waals surface area (Å²) in [6.45, 7) is 1.79. The second-order valence-electron chi connectivity index (χ2n) is 4.28. The van der Waals surface area contributed by atoms with Gasteiger partial charge in [0.2, 0.25) is 0 Å². The van der Waals surface area contributed by atoms with E-state index in [2.05, 4.69) is 6.07 Å². The van der Waals surface area contributed by atoms with Crippen molar-refractivity contribution in [2.45, 2.75) is 6.92 Å². The zero-order valence-corrected chi connectivity index (χ0v) is 11.1. The lowest BCUT2D eigenvalue weighted by Gasteiger charge is -2.03. The fraction of sp³-hybridized carbons (Fsp3) is 0.0667. The Bertz CT molecular complexity index is 853. The van der Waals surface area contributed by atoms with Crippen molar-refractivity contribution in [1.82, 2.24) is 4.40 Å². The van der Waals surface area contributed by atoms with Crippen LogP contribution in [-0.2, 0) is 0 Å². The zero-order chi connectivity index (χ0) is 13.4. The highest BCUT2D eigenvalue weighted by Crippen LogP contribution is 2.27. The van der Waals surface area contributed by atoms with Gasteiger partial charge in [-0.25, -0.2) is 0 Å². The minimum Gasteiger partial charge on any atom is -0.269 e. The number of aryl methyl sites for hydroxylation is 1. The minimum absolute atomic E-state index is 0.0911. The van der Waals surface area contributed by atoms with Gasteiger partial charge < -0.3 is 0 Å². The predicted molar refractivity (Wildman–Crippen MR) is 76.4 cm³/mol. The van der Waals surface area contributed by atoms with Crippen LogP contribution >= 0.6 is 11.3 Å². The number of rotatable bonds is 1. The molecule has 0 amide bonds. The van der Waals surface area contributed by atoms with Gasteiger partial charge in [-0.15, -0.1) is 11.3 Å². The van der Waals surface area contributed by atoms with Gasteiger partial charge in [0.1, 0.15) is 10.9 Å². The molecule has 0 aliphatic rings. The van der Waals surface area contributed by atoms with Gasteiger partial charge in [-0.3, -0.25) is 9.20 Å².